The monoisotopic (exact) mass is 221 g/mol. The van der Waals surface area contributed by atoms with Gasteiger partial charge in [0.05, 0.1) is 5.56 Å². The van der Waals surface area contributed by atoms with Crippen LogP contribution in [0.3, 0.4) is 0 Å². The topological polar surface area (TPSA) is 48.7 Å². The van der Waals surface area contributed by atoms with Gasteiger partial charge in [0.25, 0.3) is 0 Å². The highest BCUT2D eigenvalue weighted by Gasteiger charge is 2.02. The van der Waals surface area contributed by atoms with Crippen LogP contribution < -0.4 is 5.32 Å². The highest BCUT2D eigenvalue weighted by Crippen LogP contribution is 2.09. The standard InChI is InChI=1S/C11H15N3S/c1-3-15-8-9(2)14-11-5-4-10(6-12)7-13-11/h4-5,7,9H,3,8H2,1-2H3,(H,13,14). The first-order valence-electron chi connectivity index (χ1n) is 4.96. The Labute approximate surface area is 94.9 Å². The molecule has 0 saturated carbocycles. The first-order chi connectivity index (χ1) is 7.26. The molecule has 0 amide bonds. The minimum atomic E-state index is 0.399. The molecule has 1 aromatic heterocycles. The van der Waals surface area contributed by atoms with E-state index < -0.39 is 0 Å². The van der Waals surface area contributed by atoms with Crippen molar-refractivity contribution in [1.82, 2.24) is 4.98 Å². The van der Waals surface area contributed by atoms with E-state index >= 15 is 0 Å². The van der Waals surface area contributed by atoms with Crippen molar-refractivity contribution in [2.75, 3.05) is 16.8 Å². The van der Waals surface area contributed by atoms with Crippen LogP contribution in [-0.2, 0) is 0 Å². The Morgan fingerprint density at radius 3 is 2.93 bits per heavy atom. The largest absolute Gasteiger partial charge is 0.367 e. The molecule has 1 unspecified atom stereocenters. The second-order valence-corrected chi connectivity index (χ2v) is 4.57. The molecule has 3 nitrogen and oxygen atoms in total. The van der Waals surface area contributed by atoms with Crippen molar-refractivity contribution >= 4 is 17.6 Å². The minimum Gasteiger partial charge on any atom is -0.367 e. The molecule has 0 spiro atoms. The number of rotatable bonds is 5. The quantitative estimate of drug-likeness (QED) is 0.830. The average molecular weight is 221 g/mol. The van der Waals surface area contributed by atoms with Gasteiger partial charge in [-0.3, -0.25) is 0 Å². The summed E-state index contributed by atoms with van der Waals surface area (Å²) < 4.78 is 0. The third-order valence-corrected chi connectivity index (χ3v) is 3.00. The Hall–Kier alpha value is -1.21. The lowest BCUT2D eigenvalue weighted by atomic mass is 10.3. The van der Waals surface area contributed by atoms with E-state index in [9.17, 15) is 0 Å². The van der Waals surface area contributed by atoms with Gasteiger partial charge in [0, 0.05) is 18.0 Å². The predicted molar refractivity (Wildman–Crippen MR) is 65.0 cm³/mol. The summed E-state index contributed by atoms with van der Waals surface area (Å²) in [6.45, 7) is 4.28. The number of hydrogen-bond acceptors (Lipinski definition) is 4. The molecule has 0 aliphatic carbocycles. The molecular weight excluding hydrogens is 206 g/mol. The Balaban J connectivity index is 2.47. The Morgan fingerprint density at radius 2 is 2.40 bits per heavy atom. The highest BCUT2D eigenvalue weighted by molar-refractivity contribution is 7.99. The van der Waals surface area contributed by atoms with Gasteiger partial charge in [-0.1, -0.05) is 6.92 Å². The van der Waals surface area contributed by atoms with Gasteiger partial charge in [-0.15, -0.1) is 0 Å². The van der Waals surface area contributed by atoms with Crippen LogP contribution in [0, 0.1) is 11.3 Å². The maximum absolute atomic E-state index is 8.61. The lowest BCUT2D eigenvalue weighted by Crippen LogP contribution is -2.18. The molecule has 0 saturated heterocycles. The third kappa shape index (κ3) is 4.22. The van der Waals surface area contributed by atoms with Crippen LogP contribution in [0.25, 0.3) is 0 Å². The Bertz CT molecular complexity index is 329. The van der Waals surface area contributed by atoms with Crippen molar-refractivity contribution in [3.8, 4) is 6.07 Å². The highest BCUT2D eigenvalue weighted by atomic mass is 32.2. The second kappa shape index (κ2) is 6.31. The van der Waals surface area contributed by atoms with E-state index in [1.54, 1.807) is 12.3 Å². The van der Waals surface area contributed by atoms with E-state index in [2.05, 4.69) is 24.1 Å². The van der Waals surface area contributed by atoms with Gasteiger partial charge in [-0.25, -0.2) is 4.98 Å². The zero-order chi connectivity index (χ0) is 11.1. The minimum absolute atomic E-state index is 0.399. The number of hydrogen-bond donors (Lipinski definition) is 1. The molecule has 1 heterocycles. The molecule has 0 bridgehead atoms. The lowest BCUT2D eigenvalue weighted by molar-refractivity contribution is 0.902. The van der Waals surface area contributed by atoms with E-state index in [0.29, 0.717) is 11.6 Å². The molecular formula is C11H15N3S. The number of nitrogens with zero attached hydrogens (tertiary/aromatic N) is 2. The van der Waals surface area contributed by atoms with E-state index in [4.69, 9.17) is 5.26 Å². The third-order valence-electron chi connectivity index (χ3n) is 1.86. The molecule has 1 atom stereocenters. The number of thioether (sulfide) groups is 1. The fourth-order valence-electron chi connectivity index (χ4n) is 1.13. The number of anilines is 1. The first-order valence-corrected chi connectivity index (χ1v) is 6.12. The molecule has 80 valence electrons. The van der Waals surface area contributed by atoms with Crippen LogP contribution in [0.1, 0.15) is 19.4 Å². The fourth-order valence-corrected chi connectivity index (χ4v) is 1.81. The summed E-state index contributed by atoms with van der Waals surface area (Å²) in [6.07, 6.45) is 1.59. The summed E-state index contributed by atoms with van der Waals surface area (Å²) in [7, 11) is 0. The van der Waals surface area contributed by atoms with E-state index in [1.807, 2.05) is 23.9 Å². The fraction of sp³-hybridized carbons (Fsp3) is 0.455. The summed E-state index contributed by atoms with van der Waals surface area (Å²) in [5.74, 6) is 3.03. The van der Waals surface area contributed by atoms with Gasteiger partial charge in [0.1, 0.15) is 11.9 Å². The normalized spacial score (nSPS) is 11.8. The van der Waals surface area contributed by atoms with Crippen LogP contribution in [0.5, 0.6) is 0 Å². The van der Waals surface area contributed by atoms with Gasteiger partial charge in [-0.2, -0.15) is 17.0 Å². The molecule has 1 N–H and O–H groups in total. The molecule has 1 rings (SSSR count). The van der Waals surface area contributed by atoms with Crippen molar-refractivity contribution in [2.45, 2.75) is 19.9 Å². The van der Waals surface area contributed by atoms with Crippen molar-refractivity contribution in [3.63, 3.8) is 0 Å². The SMILES string of the molecule is CCSCC(C)Nc1ccc(C#N)cn1. The van der Waals surface area contributed by atoms with Gasteiger partial charge in [-0.05, 0) is 24.8 Å². The van der Waals surface area contributed by atoms with E-state index in [0.717, 1.165) is 17.3 Å². The summed E-state index contributed by atoms with van der Waals surface area (Å²) in [4.78, 5) is 4.15. The summed E-state index contributed by atoms with van der Waals surface area (Å²) >= 11 is 1.90. The Kier molecular flexibility index (Phi) is 4.99. The van der Waals surface area contributed by atoms with Crippen molar-refractivity contribution in [1.29, 1.82) is 5.26 Å². The van der Waals surface area contributed by atoms with Crippen LogP contribution in [0.2, 0.25) is 0 Å². The number of nitriles is 1. The van der Waals surface area contributed by atoms with Gasteiger partial charge >= 0.3 is 0 Å². The van der Waals surface area contributed by atoms with Crippen LogP contribution in [0.15, 0.2) is 18.3 Å². The van der Waals surface area contributed by atoms with Gasteiger partial charge in [0.15, 0.2) is 0 Å². The molecule has 0 radical (unpaired) electrons. The summed E-state index contributed by atoms with van der Waals surface area (Å²) in [6, 6.07) is 6.06. The molecule has 0 fully saturated rings. The maximum atomic E-state index is 8.61. The smallest absolute Gasteiger partial charge is 0.126 e. The molecule has 0 aromatic carbocycles. The van der Waals surface area contributed by atoms with Crippen LogP contribution in [0.4, 0.5) is 5.82 Å². The summed E-state index contributed by atoms with van der Waals surface area (Å²) in [5.41, 5.74) is 0.594. The van der Waals surface area contributed by atoms with E-state index in [-0.39, 0.29) is 0 Å². The summed E-state index contributed by atoms with van der Waals surface area (Å²) in [5, 5.41) is 11.9. The molecule has 0 aliphatic heterocycles. The number of aromatic nitrogens is 1. The van der Waals surface area contributed by atoms with Crippen molar-refractivity contribution in [2.24, 2.45) is 0 Å². The van der Waals surface area contributed by atoms with Gasteiger partial charge in [0.2, 0.25) is 0 Å². The molecule has 1 aromatic rings. The Morgan fingerprint density at radius 1 is 1.60 bits per heavy atom. The van der Waals surface area contributed by atoms with Crippen molar-refractivity contribution < 1.29 is 0 Å². The number of nitrogens with one attached hydrogen (secondary N) is 1. The molecule has 0 aliphatic rings. The lowest BCUT2D eigenvalue weighted by Gasteiger charge is -2.13. The molecule has 15 heavy (non-hydrogen) atoms. The second-order valence-electron chi connectivity index (χ2n) is 3.25. The van der Waals surface area contributed by atoms with E-state index in [1.165, 1.54) is 0 Å². The molecule has 4 heteroatoms. The number of pyridine rings is 1. The first kappa shape index (κ1) is 11.9. The predicted octanol–water partition coefficient (Wildman–Crippen LogP) is 2.51. The maximum Gasteiger partial charge on any atom is 0.126 e. The zero-order valence-corrected chi connectivity index (χ0v) is 9.84. The van der Waals surface area contributed by atoms with Crippen LogP contribution in [-0.4, -0.2) is 22.5 Å². The van der Waals surface area contributed by atoms with Gasteiger partial charge < -0.3 is 5.32 Å². The zero-order valence-electron chi connectivity index (χ0n) is 9.03. The van der Waals surface area contributed by atoms with Crippen molar-refractivity contribution in [3.05, 3.63) is 23.9 Å². The van der Waals surface area contributed by atoms with Crippen LogP contribution >= 0.6 is 11.8 Å². The average Bonchev–Trinajstić information content (AvgIpc) is 2.27.